The van der Waals surface area contributed by atoms with E-state index < -0.39 is 12.7 Å². The van der Waals surface area contributed by atoms with Gasteiger partial charge in [-0.2, -0.15) is 0 Å². The van der Waals surface area contributed by atoms with E-state index in [1.54, 1.807) is 12.1 Å². The summed E-state index contributed by atoms with van der Waals surface area (Å²) in [7, 11) is 0. The van der Waals surface area contributed by atoms with Crippen molar-refractivity contribution in [3.05, 3.63) is 23.8 Å². The molecule has 0 saturated carbocycles. The van der Waals surface area contributed by atoms with Crippen LogP contribution in [0.3, 0.4) is 0 Å². The number of rotatable bonds is 3. The molecule has 3 nitrogen and oxygen atoms in total. The topological polar surface area (TPSA) is 55.5 Å². The zero-order valence-corrected chi connectivity index (χ0v) is 11.1. The Morgan fingerprint density at radius 2 is 2.00 bits per heavy atom. The summed E-state index contributed by atoms with van der Waals surface area (Å²) in [6.07, 6.45) is 0. The lowest BCUT2D eigenvalue weighted by atomic mass is 10.1. The smallest absolute Gasteiger partial charge is 0.120 e. The number of hydrogen-bond acceptors (Lipinski definition) is 3. The summed E-state index contributed by atoms with van der Waals surface area (Å²) < 4.78 is 18.0. The van der Waals surface area contributed by atoms with E-state index >= 15 is 0 Å². The maximum Gasteiger partial charge on any atom is 0.120 e. The molecular weight excluding hydrogens is 245 g/mol. The lowest BCUT2D eigenvalue weighted by molar-refractivity contribution is 0.130. The molecule has 1 aromatic rings. The SMILES string of the molecule is CC(C)(C)Oc1ccc(O)c([C@H](N)CF)c1.Cl. The molecule has 0 aliphatic carbocycles. The van der Waals surface area contributed by atoms with E-state index in [2.05, 4.69) is 0 Å². The van der Waals surface area contributed by atoms with Crippen molar-refractivity contribution in [3.8, 4) is 11.5 Å². The molecule has 0 unspecified atom stereocenters. The fourth-order valence-electron chi connectivity index (χ4n) is 1.33. The highest BCUT2D eigenvalue weighted by atomic mass is 35.5. The molecule has 0 amide bonds. The predicted octanol–water partition coefficient (Wildman–Crippen LogP) is 2.96. The van der Waals surface area contributed by atoms with Gasteiger partial charge in [0.2, 0.25) is 0 Å². The minimum absolute atomic E-state index is 0. The van der Waals surface area contributed by atoms with E-state index in [9.17, 15) is 9.50 Å². The number of phenolic OH excluding ortho intramolecular Hbond substituents is 1. The van der Waals surface area contributed by atoms with Gasteiger partial charge in [0.15, 0.2) is 0 Å². The van der Waals surface area contributed by atoms with Gasteiger partial charge in [-0.05, 0) is 39.0 Å². The third-order valence-electron chi connectivity index (χ3n) is 1.99. The Bertz CT molecular complexity index is 366. The quantitative estimate of drug-likeness (QED) is 0.882. The van der Waals surface area contributed by atoms with Crippen LogP contribution in [0.5, 0.6) is 11.5 Å². The van der Waals surface area contributed by atoms with Crippen molar-refractivity contribution < 1.29 is 14.2 Å². The highest BCUT2D eigenvalue weighted by Crippen LogP contribution is 2.29. The standard InChI is InChI=1S/C12H18FNO2.ClH/c1-12(2,3)16-8-4-5-11(15)9(6-8)10(14)7-13;/h4-6,10,15H,7,14H2,1-3H3;1H/t10-;/m1./s1. The molecule has 1 atom stereocenters. The van der Waals surface area contributed by atoms with Crippen molar-refractivity contribution in [2.45, 2.75) is 32.4 Å². The number of phenols is 1. The second-order valence-electron chi connectivity index (χ2n) is 4.70. The van der Waals surface area contributed by atoms with Gasteiger partial charge >= 0.3 is 0 Å². The van der Waals surface area contributed by atoms with Crippen molar-refractivity contribution in [3.63, 3.8) is 0 Å². The van der Waals surface area contributed by atoms with Crippen LogP contribution in [0.15, 0.2) is 18.2 Å². The Balaban J connectivity index is 0.00000256. The number of alkyl halides is 1. The molecule has 0 spiro atoms. The third-order valence-corrected chi connectivity index (χ3v) is 1.99. The van der Waals surface area contributed by atoms with E-state index in [1.807, 2.05) is 20.8 Å². The molecule has 0 aliphatic heterocycles. The van der Waals surface area contributed by atoms with Crippen LogP contribution in [-0.2, 0) is 0 Å². The number of ether oxygens (including phenoxy) is 1. The highest BCUT2D eigenvalue weighted by molar-refractivity contribution is 5.85. The number of nitrogens with two attached hydrogens (primary N) is 1. The fraction of sp³-hybridized carbons (Fsp3) is 0.500. The minimum Gasteiger partial charge on any atom is -0.508 e. The minimum atomic E-state index is -0.816. The summed E-state index contributed by atoms with van der Waals surface area (Å²) in [5.74, 6) is 0.565. The number of halogens is 2. The molecule has 0 fully saturated rings. The molecule has 98 valence electrons. The summed E-state index contributed by atoms with van der Waals surface area (Å²) in [6, 6.07) is 3.86. The normalized spacial score (nSPS) is 12.8. The molecule has 1 aromatic carbocycles. The van der Waals surface area contributed by atoms with Crippen molar-refractivity contribution >= 4 is 12.4 Å². The van der Waals surface area contributed by atoms with Gasteiger partial charge in [0.25, 0.3) is 0 Å². The molecule has 0 aliphatic rings. The van der Waals surface area contributed by atoms with E-state index in [1.165, 1.54) is 6.07 Å². The molecule has 0 heterocycles. The molecule has 0 bridgehead atoms. The first-order valence-electron chi connectivity index (χ1n) is 5.17. The average molecular weight is 264 g/mol. The molecule has 0 saturated heterocycles. The summed E-state index contributed by atoms with van der Waals surface area (Å²) in [5.41, 5.74) is 5.56. The van der Waals surface area contributed by atoms with Gasteiger partial charge in [-0.15, -0.1) is 12.4 Å². The first kappa shape index (κ1) is 16.0. The highest BCUT2D eigenvalue weighted by Gasteiger charge is 2.15. The Labute approximate surface area is 107 Å². The number of aromatic hydroxyl groups is 1. The van der Waals surface area contributed by atoms with Crippen LogP contribution >= 0.6 is 12.4 Å². The number of hydrogen-bond donors (Lipinski definition) is 2. The van der Waals surface area contributed by atoms with Crippen molar-refractivity contribution in [2.75, 3.05) is 6.67 Å². The van der Waals surface area contributed by atoms with Gasteiger partial charge in [0.05, 0.1) is 6.04 Å². The third kappa shape index (κ3) is 4.79. The summed E-state index contributed by atoms with van der Waals surface area (Å²) in [6.45, 7) is 5.02. The molecule has 1 rings (SSSR count). The van der Waals surface area contributed by atoms with Gasteiger partial charge < -0.3 is 15.6 Å². The van der Waals surface area contributed by atoms with Crippen molar-refractivity contribution in [1.82, 2.24) is 0 Å². The van der Waals surface area contributed by atoms with E-state index in [-0.39, 0.29) is 23.8 Å². The summed E-state index contributed by atoms with van der Waals surface area (Å²) in [4.78, 5) is 0. The van der Waals surface area contributed by atoms with E-state index in [4.69, 9.17) is 10.5 Å². The molecule has 0 radical (unpaired) electrons. The monoisotopic (exact) mass is 263 g/mol. The van der Waals surface area contributed by atoms with Gasteiger partial charge in [0, 0.05) is 5.56 Å². The van der Waals surface area contributed by atoms with Crippen LogP contribution in [0.4, 0.5) is 4.39 Å². The van der Waals surface area contributed by atoms with Crippen molar-refractivity contribution in [2.24, 2.45) is 5.73 Å². The molecule has 3 N–H and O–H groups in total. The van der Waals surface area contributed by atoms with E-state index in [0.29, 0.717) is 11.3 Å². The van der Waals surface area contributed by atoms with Crippen LogP contribution < -0.4 is 10.5 Å². The fourth-order valence-corrected chi connectivity index (χ4v) is 1.33. The van der Waals surface area contributed by atoms with Crippen LogP contribution in [-0.4, -0.2) is 17.4 Å². The zero-order valence-electron chi connectivity index (χ0n) is 10.2. The lowest BCUT2D eigenvalue weighted by Crippen LogP contribution is -2.23. The second kappa shape index (κ2) is 6.07. The maximum absolute atomic E-state index is 12.4. The molecule has 5 heteroatoms. The lowest BCUT2D eigenvalue weighted by Gasteiger charge is -2.22. The Morgan fingerprint density at radius 3 is 2.47 bits per heavy atom. The average Bonchev–Trinajstić information content (AvgIpc) is 2.18. The Morgan fingerprint density at radius 1 is 1.41 bits per heavy atom. The Hall–Kier alpha value is -1.00. The predicted molar refractivity (Wildman–Crippen MR) is 68.6 cm³/mol. The van der Waals surface area contributed by atoms with Crippen LogP contribution in [0.1, 0.15) is 32.4 Å². The maximum atomic E-state index is 12.4. The van der Waals surface area contributed by atoms with E-state index in [0.717, 1.165) is 0 Å². The van der Waals surface area contributed by atoms with Gasteiger partial charge in [0.1, 0.15) is 23.8 Å². The van der Waals surface area contributed by atoms with Crippen molar-refractivity contribution in [1.29, 1.82) is 0 Å². The Kier molecular flexibility index (Phi) is 5.72. The zero-order chi connectivity index (χ0) is 12.3. The summed E-state index contributed by atoms with van der Waals surface area (Å²) >= 11 is 0. The molecular formula is C12H19ClFNO2. The summed E-state index contributed by atoms with van der Waals surface area (Å²) in [5, 5.41) is 9.53. The molecule has 17 heavy (non-hydrogen) atoms. The van der Waals surface area contributed by atoms with Crippen LogP contribution in [0.2, 0.25) is 0 Å². The van der Waals surface area contributed by atoms with Crippen LogP contribution in [0, 0.1) is 0 Å². The first-order chi connectivity index (χ1) is 7.33. The number of benzene rings is 1. The van der Waals surface area contributed by atoms with Gasteiger partial charge in [-0.1, -0.05) is 0 Å². The largest absolute Gasteiger partial charge is 0.508 e. The van der Waals surface area contributed by atoms with Gasteiger partial charge in [-0.25, -0.2) is 4.39 Å². The second-order valence-corrected chi connectivity index (χ2v) is 4.70. The van der Waals surface area contributed by atoms with Gasteiger partial charge in [-0.3, -0.25) is 0 Å². The van der Waals surface area contributed by atoms with Crippen LogP contribution in [0.25, 0.3) is 0 Å². The molecule has 0 aromatic heterocycles. The first-order valence-corrected chi connectivity index (χ1v) is 5.17.